The number of phenolic OH excluding ortho intramolecular Hbond substituents is 2. The first-order valence-electron chi connectivity index (χ1n) is 15.2. The number of carbonyl (C=O) groups is 2. The van der Waals surface area contributed by atoms with Crippen molar-refractivity contribution in [2.24, 2.45) is 9.98 Å². The fourth-order valence-corrected chi connectivity index (χ4v) is 5.35. The van der Waals surface area contributed by atoms with Gasteiger partial charge >= 0.3 is 0 Å². The Morgan fingerprint density at radius 1 is 0.532 bits per heavy atom. The summed E-state index contributed by atoms with van der Waals surface area (Å²) in [4.78, 5) is 35.2. The molecule has 8 nitrogen and oxygen atoms in total. The highest BCUT2D eigenvalue weighted by Crippen LogP contribution is 2.28. The van der Waals surface area contributed by atoms with Gasteiger partial charge in [-0.2, -0.15) is 0 Å². The molecule has 0 radical (unpaired) electrons. The van der Waals surface area contributed by atoms with Gasteiger partial charge in [0, 0.05) is 36.6 Å². The third-order valence-corrected chi connectivity index (χ3v) is 7.78. The molecular formula is C39H32N4O4. The number of aromatic hydroxyl groups is 2. The minimum Gasteiger partial charge on any atom is -0.507 e. The van der Waals surface area contributed by atoms with Crippen LogP contribution < -0.4 is 10.6 Å². The van der Waals surface area contributed by atoms with Crippen LogP contribution in [0.2, 0.25) is 0 Å². The van der Waals surface area contributed by atoms with Gasteiger partial charge in [-0.25, -0.2) is 0 Å². The Labute approximate surface area is 271 Å². The summed E-state index contributed by atoms with van der Waals surface area (Å²) in [6, 6.07) is 36.4. The van der Waals surface area contributed by atoms with Crippen LogP contribution >= 0.6 is 0 Å². The predicted octanol–water partition coefficient (Wildman–Crippen LogP) is 7.46. The van der Waals surface area contributed by atoms with Crippen molar-refractivity contribution in [3.8, 4) is 11.5 Å². The number of benzene rings is 6. The molecule has 0 atom stereocenters. The third kappa shape index (κ3) is 7.02. The van der Waals surface area contributed by atoms with Crippen molar-refractivity contribution in [3.05, 3.63) is 144 Å². The lowest BCUT2D eigenvalue weighted by Gasteiger charge is -2.10. The lowest BCUT2D eigenvalue weighted by Crippen LogP contribution is -2.30. The van der Waals surface area contributed by atoms with Crippen LogP contribution in [0.3, 0.4) is 0 Å². The van der Waals surface area contributed by atoms with Crippen molar-refractivity contribution >= 4 is 57.2 Å². The van der Waals surface area contributed by atoms with E-state index in [0.29, 0.717) is 53.1 Å². The third-order valence-electron chi connectivity index (χ3n) is 7.78. The van der Waals surface area contributed by atoms with E-state index in [2.05, 4.69) is 20.6 Å². The topological polar surface area (TPSA) is 123 Å². The van der Waals surface area contributed by atoms with Crippen molar-refractivity contribution in [2.45, 2.75) is 6.42 Å². The Morgan fingerprint density at radius 3 is 1.40 bits per heavy atom. The normalized spacial score (nSPS) is 11.4. The van der Waals surface area contributed by atoms with E-state index in [1.807, 2.05) is 60.7 Å². The number of aliphatic imine (C=N–C) groups is 2. The van der Waals surface area contributed by atoms with Crippen molar-refractivity contribution < 1.29 is 19.8 Å². The van der Waals surface area contributed by atoms with Crippen LogP contribution in [0.15, 0.2) is 131 Å². The molecule has 0 aliphatic carbocycles. The van der Waals surface area contributed by atoms with Gasteiger partial charge in [0.1, 0.15) is 11.5 Å². The summed E-state index contributed by atoms with van der Waals surface area (Å²) in [5.41, 5.74) is 2.90. The second-order valence-corrected chi connectivity index (χ2v) is 10.9. The Kier molecular flexibility index (Phi) is 9.30. The molecule has 0 saturated heterocycles. The molecule has 232 valence electrons. The zero-order chi connectivity index (χ0) is 32.6. The molecule has 4 N–H and O–H groups in total. The lowest BCUT2D eigenvalue weighted by atomic mass is 10.0. The van der Waals surface area contributed by atoms with E-state index in [1.54, 1.807) is 73.1 Å². The monoisotopic (exact) mass is 620 g/mol. The second kappa shape index (κ2) is 14.2. The summed E-state index contributed by atoms with van der Waals surface area (Å²) >= 11 is 0. The molecule has 0 unspecified atom stereocenters. The van der Waals surface area contributed by atoms with Gasteiger partial charge in [-0.3, -0.25) is 19.6 Å². The zero-order valence-corrected chi connectivity index (χ0v) is 25.4. The summed E-state index contributed by atoms with van der Waals surface area (Å²) in [6.45, 7) is 0.670. The van der Waals surface area contributed by atoms with Crippen molar-refractivity contribution in [1.29, 1.82) is 0 Å². The number of nitrogens with one attached hydrogen (secondary N) is 2. The number of carbonyl (C=O) groups excluding carboxylic acids is 2. The van der Waals surface area contributed by atoms with Gasteiger partial charge in [0.15, 0.2) is 0 Å². The second-order valence-electron chi connectivity index (χ2n) is 10.9. The van der Waals surface area contributed by atoms with Gasteiger partial charge in [0.2, 0.25) is 0 Å². The number of rotatable bonds is 10. The van der Waals surface area contributed by atoms with E-state index in [9.17, 15) is 19.8 Å². The van der Waals surface area contributed by atoms with Crippen molar-refractivity contribution in [1.82, 2.24) is 10.6 Å². The fourth-order valence-electron chi connectivity index (χ4n) is 5.35. The summed E-state index contributed by atoms with van der Waals surface area (Å²) in [5, 5.41) is 30.4. The Balaban J connectivity index is 1.06. The van der Waals surface area contributed by atoms with Gasteiger partial charge in [-0.05, 0) is 64.4 Å². The number of amides is 2. The first-order valence-corrected chi connectivity index (χ1v) is 15.2. The minimum absolute atomic E-state index is 0.106. The summed E-state index contributed by atoms with van der Waals surface area (Å²) < 4.78 is 0. The maximum atomic E-state index is 13.1. The Morgan fingerprint density at radius 2 is 0.936 bits per heavy atom. The maximum absolute atomic E-state index is 13.1. The van der Waals surface area contributed by atoms with Gasteiger partial charge in [0.05, 0.1) is 22.5 Å². The smallest absolute Gasteiger partial charge is 0.253 e. The van der Waals surface area contributed by atoms with Crippen LogP contribution in [0.1, 0.15) is 38.3 Å². The van der Waals surface area contributed by atoms with Crippen molar-refractivity contribution in [2.75, 3.05) is 13.1 Å². The maximum Gasteiger partial charge on any atom is 0.253 e. The number of para-hydroxylation sites is 2. The van der Waals surface area contributed by atoms with Gasteiger partial charge in [-0.15, -0.1) is 0 Å². The average molecular weight is 621 g/mol. The molecule has 0 bridgehead atoms. The van der Waals surface area contributed by atoms with Gasteiger partial charge < -0.3 is 20.8 Å². The van der Waals surface area contributed by atoms with Crippen LogP contribution in [-0.4, -0.2) is 47.5 Å². The molecule has 0 aliphatic heterocycles. The zero-order valence-electron chi connectivity index (χ0n) is 25.4. The molecular weight excluding hydrogens is 588 g/mol. The fraction of sp³-hybridized carbons (Fsp3) is 0.0769. The van der Waals surface area contributed by atoms with Crippen LogP contribution in [0.4, 0.5) is 11.4 Å². The molecule has 6 aromatic rings. The molecule has 8 heteroatoms. The minimum atomic E-state index is -0.289. The van der Waals surface area contributed by atoms with E-state index in [1.165, 1.54) is 0 Å². The highest BCUT2D eigenvalue weighted by Gasteiger charge is 2.13. The number of hydrogen-bond donors (Lipinski definition) is 4. The number of fused-ring (bicyclic) bond motifs is 2. The average Bonchev–Trinajstić information content (AvgIpc) is 3.10. The highest BCUT2D eigenvalue weighted by molar-refractivity contribution is 6.06. The first kappa shape index (κ1) is 30.7. The highest BCUT2D eigenvalue weighted by atomic mass is 16.3. The van der Waals surface area contributed by atoms with Crippen LogP contribution in [-0.2, 0) is 0 Å². The summed E-state index contributed by atoms with van der Waals surface area (Å²) in [6.07, 6.45) is 3.65. The molecule has 0 aliphatic rings. The van der Waals surface area contributed by atoms with E-state index in [0.717, 1.165) is 21.5 Å². The SMILES string of the molecule is O=C(NCCCNC(=O)c1ccccc1N=Cc1c(O)ccc2ccccc12)c1ccccc1N=Cc1c(O)ccc2ccccc12. The molecule has 0 heterocycles. The summed E-state index contributed by atoms with van der Waals surface area (Å²) in [7, 11) is 0. The quantitative estimate of drug-likeness (QED) is 0.0938. The number of hydrogen-bond acceptors (Lipinski definition) is 6. The Hall–Kier alpha value is -6.28. The van der Waals surface area contributed by atoms with Gasteiger partial charge in [-0.1, -0.05) is 84.9 Å². The van der Waals surface area contributed by atoms with Crippen LogP contribution in [0.5, 0.6) is 11.5 Å². The molecule has 6 rings (SSSR count). The van der Waals surface area contributed by atoms with Crippen LogP contribution in [0, 0.1) is 0 Å². The predicted molar refractivity (Wildman–Crippen MR) is 188 cm³/mol. The largest absolute Gasteiger partial charge is 0.507 e. The molecule has 6 aromatic carbocycles. The van der Waals surface area contributed by atoms with Crippen molar-refractivity contribution in [3.63, 3.8) is 0 Å². The number of nitrogens with zero attached hydrogens (tertiary/aromatic N) is 2. The van der Waals surface area contributed by atoms with E-state index < -0.39 is 0 Å². The molecule has 47 heavy (non-hydrogen) atoms. The molecule has 0 aromatic heterocycles. The van der Waals surface area contributed by atoms with Crippen LogP contribution in [0.25, 0.3) is 21.5 Å². The molecule has 0 fully saturated rings. The van der Waals surface area contributed by atoms with E-state index in [-0.39, 0.29) is 23.3 Å². The lowest BCUT2D eigenvalue weighted by molar-refractivity contribution is 0.0952. The van der Waals surface area contributed by atoms with E-state index >= 15 is 0 Å². The molecule has 0 saturated carbocycles. The summed E-state index contributed by atoms with van der Waals surface area (Å²) in [5.74, 6) is -0.366. The standard InChI is InChI=1S/C39H32N4O4/c44-36-20-18-26-10-1-3-12-28(26)32(36)24-42-34-16-7-5-14-30(34)38(46)40-22-9-23-41-39(47)31-15-6-8-17-35(31)43-25-33-29-13-4-2-11-27(29)19-21-37(33)45/h1-8,10-21,24-25,44-45H,9,22-23H2,(H,40,46)(H,41,47). The first-order chi connectivity index (χ1) is 23.0. The van der Waals surface area contributed by atoms with Gasteiger partial charge in [0.25, 0.3) is 11.8 Å². The molecule has 0 spiro atoms. The van der Waals surface area contributed by atoms with E-state index in [4.69, 9.17) is 0 Å². The Bertz CT molecular complexity index is 2000. The molecule has 2 amide bonds. The number of phenols is 2.